The van der Waals surface area contributed by atoms with Gasteiger partial charge in [0, 0.05) is 17.7 Å². The largest absolute Gasteiger partial charge is 0.396 e. The predicted octanol–water partition coefficient (Wildman–Crippen LogP) is 1.96. The predicted molar refractivity (Wildman–Crippen MR) is 79.3 cm³/mol. The van der Waals surface area contributed by atoms with Crippen molar-refractivity contribution in [3.63, 3.8) is 0 Å². The minimum Gasteiger partial charge on any atom is -0.396 e. The van der Waals surface area contributed by atoms with Gasteiger partial charge in [0.2, 0.25) is 0 Å². The van der Waals surface area contributed by atoms with Crippen LogP contribution in [0.3, 0.4) is 0 Å². The van der Waals surface area contributed by atoms with Crippen LogP contribution in [0.1, 0.15) is 23.3 Å². The molecule has 19 heavy (non-hydrogen) atoms. The van der Waals surface area contributed by atoms with Gasteiger partial charge in [-0.2, -0.15) is 0 Å². The minimum atomic E-state index is 0.0600. The number of aryl methyl sites for hydroxylation is 2. The Hall–Kier alpha value is -0.850. The molecule has 0 fully saturated rings. The first-order valence-electron chi connectivity index (χ1n) is 6.47. The van der Waals surface area contributed by atoms with Crippen molar-refractivity contribution in [1.29, 1.82) is 0 Å². The Bertz CT molecular complexity index is 675. The summed E-state index contributed by atoms with van der Waals surface area (Å²) in [6, 6.07) is 0. The van der Waals surface area contributed by atoms with E-state index in [1.54, 1.807) is 23.0 Å². The van der Waals surface area contributed by atoms with E-state index in [4.69, 9.17) is 5.11 Å². The lowest BCUT2D eigenvalue weighted by molar-refractivity contribution is 0.322. The fraction of sp³-hybridized carbons (Fsp3) is 0.538. The number of aromatic nitrogens is 2. The fourth-order valence-corrected chi connectivity index (χ4v) is 4.55. The summed E-state index contributed by atoms with van der Waals surface area (Å²) in [7, 11) is 1.77. The van der Waals surface area contributed by atoms with Gasteiger partial charge in [-0.1, -0.05) is 11.8 Å². The molecule has 0 aliphatic heterocycles. The van der Waals surface area contributed by atoms with Gasteiger partial charge in [-0.15, -0.1) is 11.3 Å². The average molecular weight is 296 g/mol. The van der Waals surface area contributed by atoms with E-state index in [1.807, 2.05) is 0 Å². The molecule has 2 aromatic rings. The molecule has 1 aliphatic rings. The van der Waals surface area contributed by atoms with Crippen LogP contribution in [0, 0.1) is 0 Å². The van der Waals surface area contributed by atoms with Gasteiger partial charge >= 0.3 is 0 Å². The van der Waals surface area contributed by atoms with Crippen molar-refractivity contribution >= 4 is 33.3 Å². The third-order valence-corrected chi connectivity index (χ3v) is 5.67. The Morgan fingerprint density at radius 1 is 1.42 bits per heavy atom. The molecule has 1 aliphatic carbocycles. The SMILES string of the molecule is Cn1c(SCCO)nc2sc3c(c2c1=O)CCCC3. The molecule has 0 atom stereocenters. The number of thiophene rings is 1. The van der Waals surface area contributed by atoms with Gasteiger partial charge in [0.1, 0.15) is 4.83 Å². The average Bonchev–Trinajstić information content (AvgIpc) is 2.79. The monoisotopic (exact) mass is 296 g/mol. The highest BCUT2D eigenvalue weighted by Gasteiger charge is 2.21. The maximum atomic E-state index is 12.5. The van der Waals surface area contributed by atoms with Crippen LogP contribution >= 0.6 is 23.1 Å². The zero-order chi connectivity index (χ0) is 13.4. The van der Waals surface area contributed by atoms with Gasteiger partial charge in [0.15, 0.2) is 5.16 Å². The van der Waals surface area contributed by atoms with Crippen LogP contribution in [-0.2, 0) is 19.9 Å². The Labute approximate surface area is 119 Å². The summed E-state index contributed by atoms with van der Waals surface area (Å²) in [5.41, 5.74) is 1.29. The summed E-state index contributed by atoms with van der Waals surface area (Å²) in [5, 5.41) is 10.4. The Kier molecular flexibility index (Phi) is 3.64. The first kappa shape index (κ1) is 13.1. The van der Waals surface area contributed by atoms with Crippen molar-refractivity contribution in [1.82, 2.24) is 9.55 Å². The molecule has 0 saturated heterocycles. The van der Waals surface area contributed by atoms with Crippen molar-refractivity contribution in [2.45, 2.75) is 30.8 Å². The number of hydrogen-bond acceptors (Lipinski definition) is 5. The van der Waals surface area contributed by atoms with Crippen LogP contribution in [0.2, 0.25) is 0 Å². The Morgan fingerprint density at radius 2 is 2.21 bits per heavy atom. The molecule has 3 rings (SSSR count). The Balaban J connectivity index is 2.19. The molecule has 2 heterocycles. The van der Waals surface area contributed by atoms with E-state index in [1.165, 1.54) is 35.0 Å². The van der Waals surface area contributed by atoms with Crippen LogP contribution in [0.4, 0.5) is 0 Å². The molecule has 102 valence electrons. The van der Waals surface area contributed by atoms with Gasteiger partial charge < -0.3 is 5.11 Å². The molecule has 0 aromatic carbocycles. The molecule has 6 heteroatoms. The molecule has 0 amide bonds. The molecule has 0 saturated carbocycles. The number of thioether (sulfide) groups is 1. The lowest BCUT2D eigenvalue weighted by Gasteiger charge is -2.10. The van der Waals surface area contributed by atoms with Gasteiger partial charge in [-0.25, -0.2) is 4.98 Å². The summed E-state index contributed by atoms with van der Waals surface area (Å²) in [6.07, 6.45) is 4.48. The second kappa shape index (κ2) is 5.26. The minimum absolute atomic E-state index is 0.0600. The molecule has 4 nitrogen and oxygen atoms in total. The van der Waals surface area contributed by atoms with Crippen molar-refractivity contribution < 1.29 is 5.11 Å². The van der Waals surface area contributed by atoms with Crippen molar-refractivity contribution in [3.05, 3.63) is 20.8 Å². The highest BCUT2D eigenvalue weighted by atomic mass is 32.2. The van der Waals surface area contributed by atoms with Gasteiger partial charge in [-0.3, -0.25) is 9.36 Å². The first-order chi connectivity index (χ1) is 9.22. The lowest BCUT2D eigenvalue weighted by Crippen LogP contribution is -2.20. The van der Waals surface area contributed by atoms with Crippen LogP contribution in [0.5, 0.6) is 0 Å². The van der Waals surface area contributed by atoms with Crippen LogP contribution in [0.25, 0.3) is 10.2 Å². The number of aliphatic hydroxyl groups excluding tert-OH is 1. The molecule has 2 aromatic heterocycles. The summed E-state index contributed by atoms with van der Waals surface area (Å²) < 4.78 is 1.62. The maximum absolute atomic E-state index is 12.5. The number of nitrogens with zero attached hydrogens (tertiary/aromatic N) is 2. The van der Waals surface area contributed by atoms with Crippen LogP contribution in [0.15, 0.2) is 9.95 Å². The van der Waals surface area contributed by atoms with E-state index in [2.05, 4.69) is 4.98 Å². The molecule has 0 radical (unpaired) electrons. The van der Waals surface area contributed by atoms with Crippen LogP contribution in [-0.4, -0.2) is 27.0 Å². The van der Waals surface area contributed by atoms with E-state index in [0.29, 0.717) is 10.9 Å². The summed E-state index contributed by atoms with van der Waals surface area (Å²) in [4.78, 5) is 19.3. The molecule has 1 N–H and O–H groups in total. The normalized spacial score (nSPS) is 14.8. The highest BCUT2D eigenvalue weighted by molar-refractivity contribution is 7.99. The van der Waals surface area contributed by atoms with E-state index in [-0.39, 0.29) is 12.2 Å². The van der Waals surface area contributed by atoms with E-state index in [9.17, 15) is 4.79 Å². The highest BCUT2D eigenvalue weighted by Crippen LogP contribution is 2.34. The maximum Gasteiger partial charge on any atom is 0.262 e. The quantitative estimate of drug-likeness (QED) is 0.695. The smallest absolute Gasteiger partial charge is 0.262 e. The fourth-order valence-electron chi connectivity index (χ4n) is 2.53. The van der Waals surface area contributed by atoms with Crippen LogP contribution < -0.4 is 5.56 Å². The van der Waals surface area contributed by atoms with Gasteiger partial charge in [0.05, 0.1) is 12.0 Å². The summed E-state index contributed by atoms with van der Waals surface area (Å²) >= 11 is 3.10. The zero-order valence-corrected chi connectivity index (χ0v) is 12.4. The van der Waals surface area contributed by atoms with Crippen molar-refractivity contribution in [3.8, 4) is 0 Å². The van der Waals surface area contributed by atoms with Gasteiger partial charge in [-0.05, 0) is 31.2 Å². The number of hydrogen-bond donors (Lipinski definition) is 1. The number of aliphatic hydroxyl groups is 1. The summed E-state index contributed by atoms with van der Waals surface area (Å²) in [5.74, 6) is 0.566. The second-order valence-corrected chi connectivity index (χ2v) is 6.87. The topological polar surface area (TPSA) is 55.1 Å². The first-order valence-corrected chi connectivity index (χ1v) is 8.27. The second-order valence-electron chi connectivity index (χ2n) is 4.72. The third kappa shape index (κ3) is 2.22. The zero-order valence-electron chi connectivity index (χ0n) is 10.8. The van der Waals surface area contributed by atoms with Gasteiger partial charge in [0.25, 0.3) is 5.56 Å². The molecule has 0 unspecified atom stereocenters. The van der Waals surface area contributed by atoms with Crippen molar-refractivity contribution in [2.24, 2.45) is 7.05 Å². The summed E-state index contributed by atoms with van der Waals surface area (Å²) in [6.45, 7) is 0.0967. The molecular formula is C13H16N2O2S2. The third-order valence-electron chi connectivity index (χ3n) is 3.48. The van der Waals surface area contributed by atoms with E-state index in [0.717, 1.165) is 23.1 Å². The Morgan fingerprint density at radius 3 is 3.00 bits per heavy atom. The van der Waals surface area contributed by atoms with E-state index < -0.39 is 0 Å². The lowest BCUT2D eigenvalue weighted by atomic mass is 9.97. The molecular weight excluding hydrogens is 280 g/mol. The number of fused-ring (bicyclic) bond motifs is 3. The number of rotatable bonds is 3. The standard InChI is InChI=1S/C13H16N2O2S2/c1-15-12(17)10-8-4-2-3-5-9(8)19-11(10)14-13(15)18-7-6-16/h16H,2-7H2,1H3. The molecule has 0 spiro atoms. The molecule has 0 bridgehead atoms. The van der Waals surface area contributed by atoms with E-state index >= 15 is 0 Å². The van der Waals surface area contributed by atoms with Crippen molar-refractivity contribution in [2.75, 3.05) is 12.4 Å².